The predicted molar refractivity (Wildman–Crippen MR) is 103 cm³/mol. The van der Waals surface area contributed by atoms with E-state index in [0.29, 0.717) is 5.56 Å². The second-order valence-corrected chi connectivity index (χ2v) is 7.22. The summed E-state index contributed by atoms with van der Waals surface area (Å²) in [4.78, 5) is 12.6. The number of hydrogen-bond donors (Lipinski definition) is 0. The Morgan fingerprint density at radius 2 is 1.96 bits per heavy atom. The van der Waals surface area contributed by atoms with Crippen LogP contribution in [0.1, 0.15) is 57.3 Å². The minimum Gasteiger partial charge on any atom is -0.453 e. The van der Waals surface area contributed by atoms with Crippen molar-refractivity contribution in [3.8, 4) is 0 Å². The molecule has 0 aromatic heterocycles. The standard InChI is InChI=1S/C22H32O4/c1-6-8-12-15(3)24-22-20(17(5)16(4)19(7-2)25-22)26-21(23)18-13-10-9-11-14-18/h6,9-11,13-17,19-20,22H,1,7-8,12H2,2-5H3/t15-,16+,17+,19-,20-,22-/m1/s1. The van der Waals surface area contributed by atoms with Gasteiger partial charge in [0.05, 0.1) is 17.8 Å². The van der Waals surface area contributed by atoms with Gasteiger partial charge >= 0.3 is 5.97 Å². The number of allylic oxidation sites excluding steroid dienone is 1. The number of rotatable bonds is 8. The smallest absolute Gasteiger partial charge is 0.338 e. The number of ether oxygens (including phenoxy) is 3. The fourth-order valence-electron chi connectivity index (χ4n) is 3.42. The second-order valence-electron chi connectivity index (χ2n) is 7.22. The Morgan fingerprint density at radius 3 is 2.58 bits per heavy atom. The van der Waals surface area contributed by atoms with Gasteiger partial charge in [-0.2, -0.15) is 0 Å². The van der Waals surface area contributed by atoms with Crippen molar-refractivity contribution in [2.24, 2.45) is 11.8 Å². The van der Waals surface area contributed by atoms with Crippen molar-refractivity contribution in [1.29, 1.82) is 0 Å². The van der Waals surface area contributed by atoms with E-state index in [1.807, 2.05) is 31.2 Å². The zero-order valence-electron chi connectivity index (χ0n) is 16.4. The molecule has 0 aliphatic carbocycles. The van der Waals surface area contributed by atoms with E-state index in [1.165, 1.54) is 0 Å². The van der Waals surface area contributed by atoms with Crippen LogP contribution in [-0.2, 0) is 14.2 Å². The third-order valence-electron chi connectivity index (χ3n) is 5.31. The number of esters is 1. The van der Waals surface area contributed by atoms with Crippen molar-refractivity contribution in [2.75, 3.05) is 0 Å². The Labute approximate surface area is 157 Å². The van der Waals surface area contributed by atoms with Crippen molar-refractivity contribution in [3.05, 3.63) is 48.6 Å². The van der Waals surface area contributed by atoms with Gasteiger partial charge in [0.1, 0.15) is 0 Å². The molecule has 0 saturated carbocycles. The first kappa shape index (κ1) is 20.7. The Hall–Kier alpha value is -1.65. The van der Waals surface area contributed by atoms with Crippen molar-refractivity contribution in [3.63, 3.8) is 0 Å². The van der Waals surface area contributed by atoms with E-state index >= 15 is 0 Å². The first-order valence-corrected chi connectivity index (χ1v) is 9.65. The summed E-state index contributed by atoms with van der Waals surface area (Å²) in [6.07, 6.45) is 3.68. The zero-order chi connectivity index (χ0) is 19.1. The molecule has 0 radical (unpaired) electrons. The Morgan fingerprint density at radius 1 is 1.27 bits per heavy atom. The minimum atomic E-state index is -0.543. The maximum atomic E-state index is 12.6. The third-order valence-corrected chi connectivity index (χ3v) is 5.31. The molecule has 1 aliphatic heterocycles. The average Bonchev–Trinajstić information content (AvgIpc) is 2.66. The van der Waals surface area contributed by atoms with Crippen LogP contribution in [-0.4, -0.2) is 30.6 Å². The molecule has 0 unspecified atom stereocenters. The van der Waals surface area contributed by atoms with Crippen LogP contribution in [0.25, 0.3) is 0 Å². The monoisotopic (exact) mass is 360 g/mol. The van der Waals surface area contributed by atoms with Crippen LogP contribution >= 0.6 is 0 Å². The summed E-state index contributed by atoms with van der Waals surface area (Å²) >= 11 is 0. The Kier molecular flexibility index (Phi) is 7.85. The number of carbonyl (C=O) groups excluding carboxylic acids is 1. The molecule has 4 heteroatoms. The van der Waals surface area contributed by atoms with E-state index in [9.17, 15) is 4.79 Å². The highest BCUT2D eigenvalue weighted by Crippen LogP contribution is 2.35. The van der Waals surface area contributed by atoms with Crippen LogP contribution < -0.4 is 0 Å². The van der Waals surface area contributed by atoms with Crippen LogP contribution in [0.5, 0.6) is 0 Å². The molecule has 4 nitrogen and oxygen atoms in total. The molecule has 0 N–H and O–H groups in total. The van der Waals surface area contributed by atoms with Crippen LogP contribution in [0.3, 0.4) is 0 Å². The van der Waals surface area contributed by atoms with E-state index in [0.717, 1.165) is 19.3 Å². The predicted octanol–water partition coefficient (Wildman–Crippen LogP) is 4.99. The zero-order valence-corrected chi connectivity index (χ0v) is 16.4. The van der Waals surface area contributed by atoms with Gasteiger partial charge in [-0.25, -0.2) is 4.79 Å². The van der Waals surface area contributed by atoms with Gasteiger partial charge in [-0.15, -0.1) is 6.58 Å². The molecule has 6 atom stereocenters. The molecule has 1 heterocycles. The maximum absolute atomic E-state index is 12.6. The summed E-state index contributed by atoms with van der Waals surface area (Å²) in [5, 5.41) is 0. The quantitative estimate of drug-likeness (QED) is 0.484. The fourth-order valence-corrected chi connectivity index (χ4v) is 3.42. The first-order chi connectivity index (χ1) is 12.5. The highest BCUT2D eigenvalue weighted by atomic mass is 16.7. The summed E-state index contributed by atoms with van der Waals surface area (Å²) < 4.78 is 18.2. The maximum Gasteiger partial charge on any atom is 0.338 e. The highest BCUT2D eigenvalue weighted by molar-refractivity contribution is 5.89. The van der Waals surface area contributed by atoms with Crippen molar-refractivity contribution >= 4 is 5.97 Å². The Balaban J connectivity index is 2.13. The molecule has 1 fully saturated rings. The fraction of sp³-hybridized carbons (Fsp3) is 0.591. The number of hydrogen-bond acceptors (Lipinski definition) is 4. The second kappa shape index (κ2) is 9.89. The van der Waals surface area contributed by atoms with E-state index in [1.54, 1.807) is 12.1 Å². The van der Waals surface area contributed by atoms with Crippen molar-refractivity contribution in [1.82, 2.24) is 0 Å². The number of benzene rings is 1. The normalized spacial score (nSPS) is 29.8. The molecular formula is C22H32O4. The van der Waals surface area contributed by atoms with Crippen LogP contribution in [0, 0.1) is 11.8 Å². The SMILES string of the molecule is C=CCC[C@@H](C)O[C@@H]1O[C@H](CC)[C@@H](C)[C@H](C)[C@H]1OC(=O)c1ccccc1. The molecule has 0 bridgehead atoms. The largest absolute Gasteiger partial charge is 0.453 e. The third kappa shape index (κ3) is 5.18. The van der Waals surface area contributed by atoms with E-state index in [2.05, 4.69) is 27.4 Å². The van der Waals surface area contributed by atoms with Gasteiger partial charge in [0, 0.05) is 5.92 Å². The van der Waals surface area contributed by atoms with Gasteiger partial charge in [-0.3, -0.25) is 0 Å². The summed E-state index contributed by atoms with van der Waals surface area (Å²) in [5.41, 5.74) is 0.545. The highest BCUT2D eigenvalue weighted by Gasteiger charge is 2.44. The lowest BCUT2D eigenvalue weighted by molar-refractivity contribution is -0.281. The van der Waals surface area contributed by atoms with E-state index in [4.69, 9.17) is 14.2 Å². The first-order valence-electron chi connectivity index (χ1n) is 9.65. The van der Waals surface area contributed by atoms with Crippen molar-refractivity contribution < 1.29 is 19.0 Å². The summed E-state index contributed by atoms with van der Waals surface area (Å²) in [7, 11) is 0. The molecule has 1 aliphatic rings. The minimum absolute atomic E-state index is 0.00837. The lowest BCUT2D eigenvalue weighted by Gasteiger charge is -2.44. The summed E-state index contributed by atoms with van der Waals surface area (Å²) in [6.45, 7) is 12.2. The van der Waals surface area contributed by atoms with Crippen molar-refractivity contribution in [2.45, 2.75) is 71.6 Å². The van der Waals surface area contributed by atoms with E-state index < -0.39 is 12.4 Å². The number of carbonyl (C=O) groups is 1. The molecule has 144 valence electrons. The lowest BCUT2D eigenvalue weighted by atomic mass is 9.82. The Bertz CT molecular complexity index is 571. The molecule has 0 amide bonds. The average molecular weight is 360 g/mol. The van der Waals surface area contributed by atoms with Crippen LogP contribution in [0.4, 0.5) is 0 Å². The molecule has 1 aromatic carbocycles. The summed E-state index contributed by atoms with van der Waals surface area (Å²) in [6, 6.07) is 9.07. The van der Waals surface area contributed by atoms with Gasteiger partial charge < -0.3 is 14.2 Å². The van der Waals surface area contributed by atoms with E-state index in [-0.39, 0.29) is 30.0 Å². The molecule has 1 saturated heterocycles. The molecule has 0 spiro atoms. The molecule has 2 rings (SSSR count). The van der Waals surface area contributed by atoms with Crippen LogP contribution in [0.15, 0.2) is 43.0 Å². The molecule has 26 heavy (non-hydrogen) atoms. The van der Waals surface area contributed by atoms with Crippen LogP contribution in [0.2, 0.25) is 0 Å². The van der Waals surface area contributed by atoms with Gasteiger partial charge in [0.25, 0.3) is 0 Å². The summed E-state index contributed by atoms with van der Waals surface area (Å²) in [5.74, 6) is 0.107. The van der Waals surface area contributed by atoms with Gasteiger partial charge in [-0.05, 0) is 44.2 Å². The topological polar surface area (TPSA) is 44.8 Å². The van der Waals surface area contributed by atoms with Gasteiger partial charge in [0.15, 0.2) is 12.4 Å². The molecular weight excluding hydrogens is 328 g/mol. The van der Waals surface area contributed by atoms with Gasteiger partial charge in [0.2, 0.25) is 0 Å². The lowest BCUT2D eigenvalue weighted by Crippen LogP contribution is -2.52. The molecule has 1 aromatic rings. The van der Waals surface area contributed by atoms with Gasteiger partial charge in [-0.1, -0.05) is 45.0 Å².